The summed E-state index contributed by atoms with van der Waals surface area (Å²) < 4.78 is 0. The monoisotopic (exact) mass is 423 g/mol. The number of guanidine groups is 1. The summed E-state index contributed by atoms with van der Waals surface area (Å²) in [6, 6.07) is 8.36. The zero-order chi connectivity index (χ0) is 22.0. The summed E-state index contributed by atoms with van der Waals surface area (Å²) in [6.07, 6.45) is 5.95. The van der Waals surface area contributed by atoms with Gasteiger partial charge in [-0.25, -0.2) is 4.99 Å². The van der Waals surface area contributed by atoms with Crippen LogP contribution in [0.2, 0.25) is 0 Å². The molecule has 1 saturated heterocycles. The second-order valence-electron chi connectivity index (χ2n) is 8.86. The van der Waals surface area contributed by atoms with Gasteiger partial charge in [-0.1, -0.05) is 24.3 Å². The lowest BCUT2D eigenvalue weighted by molar-refractivity contribution is -0.140. The molecule has 0 aromatic heterocycles. The highest BCUT2D eigenvalue weighted by Gasteiger charge is 2.58. The maximum atomic E-state index is 12.8. The molecule has 2 fully saturated rings. The number of carbonyl (C=O) groups excluding carboxylic acids is 2. The van der Waals surface area contributed by atoms with Crippen LogP contribution in [0.4, 0.5) is 5.69 Å². The number of allylic oxidation sites excluding steroid dienone is 2. The second kappa shape index (κ2) is 9.12. The molecule has 1 aromatic carbocycles. The fourth-order valence-electron chi connectivity index (χ4n) is 5.04. The molecule has 7 nitrogen and oxygen atoms in total. The van der Waals surface area contributed by atoms with E-state index >= 15 is 0 Å². The molecule has 1 aromatic rings. The summed E-state index contributed by atoms with van der Waals surface area (Å²) in [6.45, 7) is 4.52. The van der Waals surface area contributed by atoms with E-state index in [9.17, 15) is 9.59 Å². The predicted molar refractivity (Wildman–Crippen MR) is 123 cm³/mol. The van der Waals surface area contributed by atoms with Crippen LogP contribution in [-0.4, -0.2) is 56.4 Å². The van der Waals surface area contributed by atoms with Crippen LogP contribution in [0.1, 0.15) is 25.3 Å². The molecule has 2 N–H and O–H groups in total. The highest BCUT2D eigenvalue weighted by Crippen LogP contribution is 2.52. The summed E-state index contributed by atoms with van der Waals surface area (Å²) in [4.78, 5) is 33.7. The third-order valence-electron chi connectivity index (χ3n) is 6.63. The van der Waals surface area contributed by atoms with Gasteiger partial charge in [0.1, 0.15) is 0 Å². The Hall–Kier alpha value is -2.83. The minimum Gasteiger partial charge on any atom is -0.378 e. The lowest BCUT2D eigenvalue weighted by atomic mass is 9.85. The molecule has 2 bridgehead atoms. The highest BCUT2D eigenvalue weighted by molar-refractivity contribution is 6.06. The fraction of sp³-hybridized carbons (Fsp3) is 0.542. The van der Waals surface area contributed by atoms with E-state index in [0.29, 0.717) is 26.1 Å². The summed E-state index contributed by atoms with van der Waals surface area (Å²) in [7, 11) is 4.05. The molecule has 7 heteroatoms. The van der Waals surface area contributed by atoms with Gasteiger partial charge in [0.25, 0.3) is 0 Å². The number of nitrogens with zero attached hydrogens (tertiary/aromatic N) is 3. The van der Waals surface area contributed by atoms with Gasteiger partial charge in [-0.05, 0) is 49.3 Å². The van der Waals surface area contributed by atoms with Gasteiger partial charge in [-0.2, -0.15) is 0 Å². The number of anilines is 1. The van der Waals surface area contributed by atoms with Gasteiger partial charge in [-0.3, -0.25) is 14.5 Å². The third-order valence-corrected chi connectivity index (χ3v) is 6.63. The van der Waals surface area contributed by atoms with Crippen LogP contribution in [0.15, 0.2) is 41.4 Å². The van der Waals surface area contributed by atoms with Crippen molar-refractivity contribution in [3.05, 3.63) is 42.0 Å². The maximum absolute atomic E-state index is 12.8. The van der Waals surface area contributed by atoms with Crippen LogP contribution >= 0.6 is 0 Å². The number of nitrogens with one attached hydrogen (secondary N) is 2. The number of benzene rings is 1. The van der Waals surface area contributed by atoms with Crippen LogP contribution in [0.25, 0.3) is 0 Å². The lowest BCUT2D eigenvalue weighted by Gasteiger charge is -2.18. The van der Waals surface area contributed by atoms with Crippen LogP contribution in [0.3, 0.4) is 0 Å². The zero-order valence-corrected chi connectivity index (χ0v) is 18.7. The van der Waals surface area contributed by atoms with Crippen LogP contribution in [0, 0.1) is 23.7 Å². The molecule has 3 aliphatic rings. The first-order chi connectivity index (χ1) is 15.0. The number of hydrogen-bond donors (Lipinski definition) is 2. The zero-order valence-electron chi connectivity index (χ0n) is 18.7. The largest absolute Gasteiger partial charge is 0.378 e. The number of aliphatic imine (C=N–C) groups is 1. The predicted octanol–water partition coefficient (Wildman–Crippen LogP) is 2.00. The highest BCUT2D eigenvalue weighted by atomic mass is 16.2. The molecule has 0 radical (unpaired) electrons. The molecule has 4 unspecified atom stereocenters. The van der Waals surface area contributed by atoms with E-state index in [-0.39, 0.29) is 35.5 Å². The normalized spacial score (nSPS) is 26.5. The van der Waals surface area contributed by atoms with E-state index < -0.39 is 0 Å². The summed E-state index contributed by atoms with van der Waals surface area (Å²) in [5.41, 5.74) is 2.31. The lowest BCUT2D eigenvalue weighted by Crippen LogP contribution is -2.40. The summed E-state index contributed by atoms with van der Waals surface area (Å²) in [5.74, 6) is 1.16. The van der Waals surface area contributed by atoms with E-state index in [4.69, 9.17) is 0 Å². The molecule has 166 valence electrons. The first-order valence-electron chi connectivity index (χ1n) is 11.3. The Morgan fingerprint density at radius 3 is 2.29 bits per heavy atom. The van der Waals surface area contributed by atoms with Gasteiger partial charge in [0, 0.05) is 39.4 Å². The van der Waals surface area contributed by atoms with Crippen molar-refractivity contribution in [2.24, 2.45) is 28.7 Å². The fourth-order valence-corrected chi connectivity index (χ4v) is 5.04. The molecule has 1 saturated carbocycles. The minimum absolute atomic E-state index is 0.0357. The Morgan fingerprint density at radius 1 is 1.06 bits per heavy atom. The van der Waals surface area contributed by atoms with Crippen molar-refractivity contribution in [1.29, 1.82) is 0 Å². The molecule has 1 heterocycles. The van der Waals surface area contributed by atoms with Crippen molar-refractivity contribution in [2.45, 2.75) is 26.3 Å². The summed E-state index contributed by atoms with van der Waals surface area (Å²) in [5, 5.41) is 6.58. The van der Waals surface area contributed by atoms with E-state index in [2.05, 4.69) is 56.9 Å². The Kier molecular flexibility index (Phi) is 6.30. The minimum atomic E-state index is -0.103. The van der Waals surface area contributed by atoms with E-state index in [1.165, 1.54) is 4.90 Å². The first-order valence-corrected chi connectivity index (χ1v) is 11.3. The molecule has 2 amide bonds. The average molecular weight is 424 g/mol. The molecule has 0 spiro atoms. The van der Waals surface area contributed by atoms with Crippen molar-refractivity contribution >= 4 is 23.5 Å². The molecule has 1 aliphatic heterocycles. The van der Waals surface area contributed by atoms with E-state index in [1.54, 1.807) is 0 Å². The number of rotatable bonds is 8. The van der Waals surface area contributed by atoms with E-state index in [0.717, 1.165) is 30.2 Å². The molecular formula is C24H33N5O2. The topological polar surface area (TPSA) is 77.0 Å². The molecule has 4 atom stereocenters. The van der Waals surface area contributed by atoms with Gasteiger partial charge in [0.05, 0.1) is 18.4 Å². The molecular weight excluding hydrogens is 390 g/mol. The van der Waals surface area contributed by atoms with Crippen LogP contribution in [-0.2, 0) is 16.1 Å². The van der Waals surface area contributed by atoms with E-state index in [1.807, 2.05) is 21.0 Å². The standard InChI is InChI=1S/C24H33N5O2/c1-4-25-24(27-15-16-6-10-19(11-7-16)28(2)3)26-12-5-13-29-22(30)20-17-8-9-18(14-17)21(20)23(29)31/h6-11,17-18,20-21H,4-5,12-15H2,1-3H3,(H2,25,26,27). The summed E-state index contributed by atoms with van der Waals surface area (Å²) >= 11 is 0. The smallest absolute Gasteiger partial charge is 0.233 e. The number of carbonyl (C=O) groups is 2. The molecule has 31 heavy (non-hydrogen) atoms. The van der Waals surface area contributed by atoms with Crippen molar-refractivity contribution in [3.63, 3.8) is 0 Å². The Morgan fingerprint density at radius 2 is 1.71 bits per heavy atom. The number of likely N-dealkylation sites (tertiary alicyclic amines) is 1. The SMILES string of the molecule is CCNC(=NCc1ccc(N(C)C)cc1)NCCCN1C(=O)C2C3C=CC(C3)C2C1=O. The van der Waals surface area contributed by atoms with Crippen molar-refractivity contribution in [2.75, 3.05) is 38.6 Å². The number of fused-ring (bicyclic) bond motifs is 5. The first kappa shape index (κ1) is 21.4. The Bertz CT molecular complexity index is 846. The molecule has 4 rings (SSSR count). The Balaban J connectivity index is 1.26. The second-order valence-corrected chi connectivity index (χ2v) is 8.86. The van der Waals surface area contributed by atoms with Crippen molar-refractivity contribution < 1.29 is 9.59 Å². The number of imide groups is 1. The number of hydrogen-bond acceptors (Lipinski definition) is 4. The van der Waals surface area contributed by atoms with Crippen LogP contribution < -0.4 is 15.5 Å². The van der Waals surface area contributed by atoms with Crippen molar-refractivity contribution in [3.8, 4) is 0 Å². The maximum Gasteiger partial charge on any atom is 0.233 e. The van der Waals surface area contributed by atoms with Gasteiger partial charge in [0.2, 0.25) is 11.8 Å². The number of amides is 2. The Labute approximate surface area is 184 Å². The van der Waals surface area contributed by atoms with Gasteiger partial charge < -0.3 is 15.5 Å². The van der Waals surface area contributed by atoms with Gasteiger partial charge in [-0.15, -0.1) is 0 Å². The molecule has 2 aliphatic carbocycles. The van der Waals surface area contributed by atoms with Crippen LogP contribution in [0.5, 0.6) is 0 Å². The van der Waals surface area contributed by atoms with Gasteiger partial charge in [0.15, 0.2) is 5.96 Å². The average Bonchev–Trinajstić information content (AvgIpc) is 3.44. The van der Waals surface area contributed by atoms with Gasteiger partial charge >= 0.3 is 0 Å². The van der Waals surface area contributed by atoms with Crippen molar-refractivity contribution in [1.82, 2.24) is 15.5 Å². The third kappa shape index (κ3) is 4.31. The quantitative estimate of drug-likeness (QED) is 0.220.